The van der Waals surface area contributed by atoms with Gasteiger partial charge >= 0.3 is 12.1 Å². The summed E-state index contributed by atoms with van der Waals surface area (Å²) in [7, 11) is 0. The topological polar surface area (TPSA) is 92.0 Å². The van der Waals surface area contributed by atoms with Crippen molar-refractivity contribution in [3.63, 3.8) is 0 Å². The minimum Gasteiger partial charge on any atom is -0.456 e. The van der Waals surface area contributed by atoms with E-state index in [0.29, 0.717) is 11.6 Å². The maximum absolute atomic E-state index is 12.5. The number of aliphatic imine (C=N–C) groups is 1. The van der Waals surface area contributed by atoms with Crippen LogP contribution in [0.5, 0.6) is 0 Å². The van der Waals surface area contributed by atoms with E-state index in [1.807, 2.05) is 38.0 Å². The number of carbonyl (C=O) groups is 2. The normalized spacial score (nSPS) is 24.1. The van der Waals surface area contributed by atoms with Crippen LogP contribution in [0.4, 0.5) is 4.79 Å². The summed E-state index contributed by atoms with van der Waals surface area (Å²) in [6.07, 6.45) is 3.85. The summed E-state index contributed by atoms with van der Waals surface area (Å²) in [4.78, 5) is 30.8. The minimum absolute atomic E-state index is 0.0238. The zero-order valence-electron chi connectivity index (χ0n) is 18.4. The average molecular weight is 422 g/mol. The number of ether oxygens (including phenoxy) is 2. The van der Waals surface area contributed by atoms with E-state index in [0.717, 1.165) is 31.5 Å². The number of hydrogen-bond acceptors (Lipinski definition) is 7. The first-order valence-electron chi connectivity index (χ1n) is 9.78. The number of piperidine rings is 1. The van der Waals surface area contributed by atoms with Crippen molar-refractivity contribution in [3.8, 4) is 6.07 Å². The molecule has 0 aromatic heterocycles. The molecular formula is C21H31N3O4S. The van der Waals surface area contributed by atoms with Gasteiger partial charge in [0.15, 0.2) is 5.57 Å². The fraction of sp³-hybridized carbons (Fsp3) is 0.714. The Morgan fingerprint density at radius 1 is 1.17 bits per heavy atom. The van der Waals surface area contributed by atoms with E-state index < -0.39 is 23.3 Å². The lowest BCUT2D eigenvalue weighted by Crippen LogP contribution is -2.37. The number of nitriles is 1. The average Bonchev–Trinajstić information content (AvgIpc) is 3.18. The number of rotatable bonds is 3. The molecule has 1 heterocycles. The number of amides is 1. The van der Waals surface area contributed by atoms with Crippen LogP contribution in [-0.4, -0.2) is 53.2 Å². The standard InChI is InChI=1S/C21H31N3O4S/c1-19(2,3)27-17(25)14(12-22)16(29-7)24-10-8-9-21(13-24)11-15(21)23-18(26)28-20(4,5)6/h8-11,13H2,1-7H3/b16-14+,23-15+/t21-/m0/s1. The summed E-state index contributed by atoms with van der Waals surface area (Å²) in [5, 5.41) is 10.2. The molecule has 8 heteroatoms. The highest BCUT2D eigenvalue weighted by Crippen LogP contribution is 2.51. The van der Waals surface area contributed by atoms with Gasteiger partial charge in [-0.15, -0.1) is 11.8 Å². The van der Waals surface area contributed by atoms with Gasteiger partial charge in [-0.25, -0.2) is 9.59 Å². The number of nitrogens with zero attached hydrogens (tertiary/aromatic N) is 3. The number of thioether (sulfide) groups is 1. The van der Waals surface area contributed by atoms with Gasteiger partial charge in [0.1, 0.15) is 17.3 Å². The Kier molecular flexibility index (Phi) is 6.73. The Balaban J connectivity index is 2.20. The van der Waals surface area contributed by atoms with Crippen molar-refractivity contribution >= 4 is 29.5 Å². The smallest absolute Gasteiger partial charge is 0.434 e. The van der Waals surface area contributed by atoms with E-state index in [2.05, 4.69) is 4.99 Å². The first-order valence-corrected chi connectivity index (χ1v) is 11.0. The quantitative estimate of drug-likeness (QED) is 0.381. The first kappa shape index (κ1) is 23.3. The lowest BCUT2D eigenvalue weighted by Gasteiger charge is -2.35. The van der Waals surface area contributed by atoms with Crippen LogP contribution in [0.15, 0.2) is 15.6 Å². The van der Waals surface area contributed by atoms with Crippen LogP contribution in [0, 0.1) is 16.7 Å². The van der Waals surface area contributed by atoms with Crippen LogP contribution in [0.3, 0.4) is 0 Å². The fourth-order valence-electron chi connectivity index (χ4n) is 3.41. The molecule has 29 heavy (non-hydrogen) atoms. The van der Waals surface area contributed by atoms with Crippen LogP contribution >= 0.6 is 11.8 Å². The Hall–Kier alpha value is -2.01. The molecule has 1 aliphatic heterocycles. The molecule has 1 aliphatic carbocycles. The van der Waals surface area contributed by atoms with Gasteiger partial charge in [-0.1, -0.05) is 0 Å². The maximum atomic E-state index is 12.5. The van der Waals surface area contributed by atoms with Crippen molar-refractivity contribution < 1.29 is 19.1 Å². The number of carbonyl (C=O) groups excluding carboxylic acids is 2. The Bertz CT molecular complexity index is 783. The van der Waals surface area contributed by atoms with Crippen molar-refractivity contribution in [2.75, 3.05) is 19.3 Å². The summed E-state index contributed by atoms with van der Waals surface area (Å²) in [6.45, 7) is 12.1. The molecule has 7 nitrogen and oxygen atoms in total. The molecule has 1 saturated heterocycles. The molecule has 1 atom stereocenters. The molecule has 2 fully saturated rings. The Labute approximate surface area is 177 Å². The second kappa shape index (κ2) is 8.39. The molecule has 2 rings (SSSR count). The number of esters is 1. The van der Waals surface area contributed by atoms with Gasteiger partial charge in [0, 0.05) is 24.2 Å². The van der Waals surface area contributed by atoms with Crippen LogP contribution in [0.25, 0.3) is 0 Å². The zero-order chi connectivity index (χ0) is 22.0. The monoisotopic (exact) mass is 421 g/mol. The molecule has 160 valence electrons. The molecular weight excluding hydrogens is 390 g/mol. The van der Waals surface area contributed by atoms with Crippen molar-refractivity contribution in [1.29, 1.82) is 5.26 Å². The highest BCUT2D eigenvalue weighted by molar-refractivity contribution is 8.02. The van der Waals surface area contributed by atoms with Crippen LogP contribution in [0.1, 0.15) is 60.8 Å². The number of hydrogen-bond donors (Lipinski definition) is 0. The van der Waals surface area contributed by atoms with Crippen LogP contribution in [-0.2, 0) is 14.3 Å². The third kappa shape index (κ3) is 6.23. The van der Waals surface area contributed by atoms with Gasteiger partial charge in [-0.3, -0.25) is 0 Å². The van der Waals surface area contributed by atoms with Gasteiger partial charge in [-0.2, -0.15) is 10.3 Å². The molecule has 0 N–H and O–H groups in total. The van der Waals surface area contributed by atoms with Gasteiger partial charge in [0.2, 0.25) is 0 Å². The summed E-state index contributed by atoms with van der Waals surface area (Å²) in [6, 6.07) is 2.03. The Morgan fingerprint density at radius 2 is 1.79 bits per heavy atom. The second-order valence-corrected chi connectivity index (χ2v) is 10.3. The summed E-state index contributed by atoms with van der Waals surface area (Å²) < 4.78 is 10.7. The van der Waals surface area contributed by atoms with E-state index in [1.165, 1.54) is 11.8 Å². The molecule has 0 bridgehead atoms. The Morgan fingerprint density at radius 3 is 2.31 bits per heavy atom. The zero-order valence-corrected chi connectivity index (χ0v) is 19.2. The maximum Gasteiger partial charge on any atom is 0.434 e. The van der Waals surface area contributed by atoms with Gasteiger partial charge < -0.3 is 14.4 Å². The fourth-order valence-corrected chi connectivity index (χ4v) is 4.16. The summed E-state index contributed by atoms with van der Waals surface area (Å²) >= 11 is 1.37. The predicted molar refractivity (Wildman–Crippen MR) is 114 cm³/mol. The third-order valence-electron chi connectivity index (χ3n) is 4.60. The SMILES string of the molecule is CS/C(=C(\C#N)C(=O)OC(C)(C)C)N1CCC[C@]2(C/C2=N\C(=O)OC(C)(C)C)C1. The highest BCUT2D eigenvalue weighted by Gasteiger charge is 2.54. The summed E-state index contributed by atoms with van der Waals surface area (Å²) in [5.74, 6) is -0.609. The molecule has 0 unspecified atom stereocenters. The van der Waals surface area contributed by atoms with E-state index in [9.17, 15) is 14.9 Å². The lowest BCUT2D eigenvalue weighted by molar-refractivity contribution is -0.149. The molecule has 1 saturated carbocycles. The van der Waals surface area contributed by atoms with Crippen molar-refractivity contribution in [2.45, 2.75) is 72.0 Å². The lowest BCUT2D eigenvalue weighted by atomic mass is 9.95. The van der Waals surface area contributed by atoms with Crippen LogP contribution in [0.2, 0.25) is 0 Å². The minimum atomic E-state index is -0.671. The van der Waals surface area contributed by atoms with E-state index in [-0.39, 0.29) is 11.0 Å². The number of likely N-dealkylation sites (tertiary alicyclic amines) is 1. The largest absolute Gasteiger partial charge is 0.456 e. The van der Waals surface area contributed by atoms with Crippen molar-refractivity contribution in [1.82, 2.24) is 4.90 Å². The molecule has 0 aromatic rings. The van der Waals surface area contributed by atoms with Gasteiger partial charge in [0.25, 0.3) is 0 Å². The summed E-state index contributed by atoms with van der Waals surface area (Å²) in [5.41, 5.74) is -0.560. The predicted octanol–water partition coefficient (Wildman–Crippen LogP) is 4.29. The van der Waals surface area contributed by atoms with E-state index in [1.54, 1.807) is 20.8 Å². The molecule has 0 aromatic carbocycles. The third-order valence-corrected chi connectivity index (χ3v) is 5.45. The van der Waals surface area contributed by atoms with E-state index >= 15 is 0 Å². The first-order chi connectivity index (χ1) is 13.3. The van der Waals surface area contributed by atoms with Gasteiger partial charge in [-0.05, 0) is 67.1 Å². The van der Waals surface area contributed by atoms with Crippen LogP contribution < -0.4 is 0 Å². The molecule has 1 amide bonds. The second-order valence-electron chi connectivity index (χ2n) is 9.52. The molecule has 0 radical (unpaired) electrons. The van der Waals surface area contributed by atoms with E-state index in [4.69, 9.17) is 9.47 Å². The van der Waals surface area contributed by atoms with Crippen molar-refractivity contribution in [2.24, 2.45) is 10.4 Å². The molecule has 2 aliphatic rings. The van der Waals surface area contributed by atoms with Crippen molar-refractivity contribution in [3.05, 3.63) is 10.6 Å². The molecule has 1 spiro atoms. The highest BCUT2D eigenvalue weighted by atomic mass is 32.2. The van der Waals surface area contributed by atoms with Gasteiger partial charge in [0.05, 0.1) is 5.03 Å².